The number of hydrogen-bond acceptors (Lipinski definition) is 3. The van der Waals surface area contributed by atoms with E-state index in [4.69, 9.17) is 0 Å². The Balaban J connectivity index is 1.92. The van der Waals surface area contributed by atoms with Crippen LogP contribution in [0.5, 0.6) is 0 Å². The van der Waals surface area contributed by atoms with Gasteiger partial charge in [0, 0.05) is 25.1 Å². The third-order valence-electron chi connectivity index (χ3n) is 3.95. The van der Waals surface area contributed by atoms with Crippen molar-refractivity contribution in [2.45, 2.75) is 45.6 Å². The first-order valence-corrected chi connectivity index (χ1v) is 7.42. The lowest BCUT2D eigenvalue weighted by Crippen LogP contribution is -2.46. The second kappa shape index (κ2) is 6.06. The Hall–Kier alpha value is -1.19. The van der Waals surface area contributed by atoms with Crippen molar-refractivity contribution in [3.63, 3.8) is 0 Å². The average Bonchev–Trinajstić information content (AvgIpc) is 2.33. The molecule has 3 nitrogen and oxygen atoms in total. The quantitative estimate of drug-likeness (QED) is 0.859. The van der Waals surface area contributed by atoms with Crippen molar-refractivity contribution >= 4 is 5.78 Å². The molecule has 1 heterocycles. The standard InChI is InChI=1S/C17H25NO2/c1-13-9-14(2)11-15(10-13)16(19)5-8-18-7-4-6-17(3,20)12-18/h9-11,20H,4-8,12H2,1-3H3. The first kappa shape index (κ1) is 15.2. The van der Waals surface area contributed by atoms with E-state index in [0.717, 1.165) is 42.6 Å². The molecule has 1 atom stereocenters. The van der Waals surface area contributed by atoms with Crippen molar-refractivity contribution in [2.24, 2.45) is 0 Å². The Kier molecular flexibility index (Phi) is 4.61. The minimum atomic E-state index is -0.596. The summed E-state index contributed by atoms with van der Waals surface area (Å²) in [4.78, 5) is 14.5. The fraction of sp³-hybridized carbons (Fsp3) is 0.588. The normalized spacial score (nSPS) is 23.8. The summed E-state index contributed by atoms with van der Waals surface area (Å²) in [6.45, 7) is 8.31. The molecule has 20 heavy (non-hydrogen) atoms. The lowest BCUT2D eigenvalue weighted by Gasteiger charge is -2.36. The van der Waals surface area contributed by atoms with Gasteiger partial charge in [-0.25, -0.2) is 0 Å². The molecule has 1 aromatic carbocycles. The number of Topliss-reactive ketones (excluding diaryl/α,β-unsaturated/α-hetero) is 1. The van der Waals surface area contributed by atoms with E-state index in [-0.39, 0.29) is 5.78 Å². The van der Waals surface area contributed by atoms with Crippen LogP contribution < -0.4 is 0 Å². The Morgan fingerprint density at radius 2 is 1.95 bits per heavy atom. The first-order valence-electron chi connectivity index (χ1n) is 7.42. The number of β-amino-alcohol motifs (C(OH)–C–C–N with tert-alkyl or cyclic N) is 1. The maximum absolute atomic E-state index is 12.3. The molecule has 1 aromatic rings. The molecule has 0 radical (unpaired) electrons. The Bertz CT molecular complexity index is 474. The fourth-order valence-electron chi connectivity index (χ4n) is 3.05. The molecule has 2 rings (SSSR count). The molecule has 1 aliphatic heterocycles. The Morgan fingerprint density at radius 3 is 2.55 bits per heavy atom. The lowest BCUT2D eigenvalue weighted by molar-refractivity contribution is -0.0153. The van der Waals surface area contributed by atoms with Gasteiger partial charge in [0.2, 0.25) is 0 Å². The summed E-state index contributed by atoms with van der Waals surface area (Å²) in [5.74, 6) is 0.196. The maximum atomic E-state index is 12.3. The predicted molar refractivity (Wildman–Crippen MR) is 81.2 cm³/mol. The highest BCUT2D eigenvalue weighted by atomic mass is 16.3. The monoisotopic (exact) mass is 275 g/mol. The highest BCUT2D eigenvalue weighted by Gasteiger charge is 2.28. The Morgan fingerprint density at radius 1 is 1.30 bits per heavy atom. The topological polar surface area (TPSA) is 40.5 Å². The number of aliphatic hydroxyl groups is 1. The highest BCUT2D eigenvalue weighted by Crippen LogP contribution is 2.20. The molecular formula is C17H25NO2. The van der Waals surface area contributed by atoms with Gasteiger partial charge in [-0.05, 0) is 52.3 Å². The van der Waals surface area contributed by atoms with Gasteiger partial charge in [0.15, 0.2) is 5.78 Å². The zero-order valence-corrected chi connectivity index (χ0v) is 12.8. The summed E-state index contributed by atoms with van der Waals surface area (Å²) in [5, 5.41) is 10.1. The molecule has 1 unspecified atom stereocenters. The van der Waals surface area contributed by atoms with Crippen molar-refractivity contribution in [1.29, 1.82) is 0 Å². The molecule has 0 aliphatic carbocycles. The predicted octanol–water partition coefficient (Wildman–Crippen LogP) is 2.72. The van der Waals surface area contributed by atoms with Crippen molar-refractivity contribution in [3.05, 3.63) is 34.9 Å². The second-order valence-electron chi connectivity index (χ2n) is 6.43. The highest BCUT2D eigenvalue weighted by molar-refractivity contribution is 5.96. The molecule has 1 N–H and O–H groups in total. The van der Waals surface area contributed by atoms with Gasteiger partial charge < -0.3 is 10.0 Å². The first-order chi connectivity index (χ1) is 9.35. The van der Waals surface area contributed by atoms with E-state index in [1.54, 1.807) is 0 Å². The van der Waals surface area contributed by atoms with E-state index >= 15 is 0 Å². The van der Waals surface area contributed by atoms with E-state index in [1.807, 2.05) is 32.9 Å². The summed E-state index contributed by atoms with van der Waals surface area (Å²) in [6.07, 6.45) is 2.39. The molecule has 1 saturated heterocycles. The fourth-order valence-corrected chi connectivity index (χ4v) is 3.05. The number of benzene rings is 1. The van der Waals surface area contributed by atoms with Gasteiger partial charge in [0.25, 0.3) is 0 Å². The SMILES string of the molecule is Cc1cc(C)cc(C(=O)CCN2CCCC(C)(O)C2)c1. The van der Waals surface area contributed by atoms with Gasteiger partial charge in [-0.15, -0.1) is 0 Å². The molecule has 0 spiro atoms. The van der Waals surface area contributed by atoms with Crippen molar-refractivity contribution in [2.75, 3.05) is 19.6 Å². The molecule has 1 aliphatic rings. The maximum Gasteiger partial charge on any atom is 0.164 e. The van der Waals surface area contributed by atoms with Crippen LogP contribution in [0.4, 0.5) is 0 Å². The molecule has 0 bridgehead atoms. The third kappa shape index (κ3) is 4.15. The van der Waals surface area contributed by atoms with Crippen molar-refractivity contribution in [3.8, 4) is 0 Å². The van der Waals surface area contributed by atoms with E-state index < -0.39 is 5.60 Å². The smallest absolute Gasteiger partial charge is 0.164 e. The van der Waals surface area contributed by atoms with E-state index in [1.165, 1.54) is 0 Å². The van der Waals surface area contributed by atoms with Gasteiger partial charge in [0.1, 0.15) is 0 Å². The summed E-state index contributed by atoms with van der Waals surface area (Å²) < 4.78 is 0. The van der Waals surface area contributed by atoms with Crippen LogP contribution in [0.25, 0.3) is 0 Å². The van der Waals surface area contributed by atoms with Crippen molar-refractivity contribution < 1.29 is 9.90 Å². The largest absolute Gasteiger partial charge is 0.389 e. The van der Waals surface area contributed by atoms with Crippen LogP contribution in [0, 0.1) is 13.8 Å². The number of likely N-dealkylation sites (tertiary alicyclic amines) is 1. The van der Waals surface area contributed by atoms with Crippen LogP contribution in [-0.4, -0.2) is 41.0 Å². The van der Waals surface area contributed by atoms with Crippen LogP contribution in [0.15, 0.2) is 18.2 Å². The van der Waals surface area contributed by atoms with Crippen LogP contribution in [-0.2, 0) is 0 Å². The summed E-state index contributed by atoms with van der Waals surface area (Å²) >= 11 is 0. The van der Waals surface area contributed by atoms with Gasteiger partial charge in [-0.2, -0.15) is 0 Å². The van der Waals surface area contributed by atoms with Crippen molar-refractivity contribution in [1.82, 2.24) is 4.90 Å². The lowest BCUT2D eigenvalue weighted by atomic mass is 9.95. The number of ketones is 1. The van der Waals surface area contributed by atoms with Gasteiger partial charge >= 0.3 is 0 Å². The molecule has 3 heteroatoms. The second-order valence-corrected chi connectivity index (χ2v) is 6.43. The molecule has 0 amide bonds. The molecule has 110 valence electrons. The van der Waals surface area contributed by atoms with E-state index in [9.17, 15) is 9.90 Å². The van der Waals surface area contributed by atoms with E-state index in [2.05, 4.69) is 11.0 Å². The van der Waals surface area contributed by atoms with Crippen LogP contribution in [0.1, 0.15) is 47.7 Å². The summed E-state index contributed by atoms with van der Waals surface area (Å²) in [7, 11) is 0. The average molecular weight is 275 g/mol. The van der Waals surface area contributed by atoms with E-state index in [0.29, 0.717) is 13.0 Å². The molecular weight excluding hydrogens is 250 g/mol. The number of carbonyl (C=O) groups excluding carboxylic acids is 1. The summed E-state index contributed by atoms with van der Waals surface area (Å²) in [6, 6.07) is 6.00. The zero-order chi connectivity index (χ0) is 14.8. The van der Waals surface area contributed by atoms with Crippen LogP contribution in [0.2, 0.25) is 0 Å². The van der Waals surface area contributed by atoms with Gasteiger partial charge in [-0.3, -0.25) is 4.79 Å². The van der Waals surface area contributed by atoms with Gasteiger partial charge in [-0.1, -0.05) is 17.2 Å². The van der Waals surface area contributed by atoms with Crippen LogP contribution >= 0.6 is 0 Å². The zero-order valence-electron chi connectivity index (χ0n) is 12.8. The minimum Gasteiger partial charge on any atom is -0.389 e. The number of hydrogen-bond donors (Lipinski definition) is 1. The number of rotatable bonds is 4. The molecule has 1 fully saturated rings. The molecule has 0 saturated carbocycles. The minimum absolute atomic E-state index is 0.196. The molecule has 0 aromatic heterocycles. The summed E-state index contributed by atoms with van der Waals surface area (Å²) in [5.41, 5.74) is 2.48. The van der Waals surface area contributed by atoms with Gasteiger partial charge in [0.05, 0.1) is 5.60 Å². The Labute approximate surface area is 121 Å². The number of nitrogens with zero attached hydrogens (tertiary/aromatic N) is 1. The third-order valence-corrected chi connectivity index (χ3v) is 3.95. The van der Waals surface area contributed by atoms with Crippen LogP contribution in [0.3, 0.4) is 0 Å². The number of aryl methyl sites for hydroxylation is 2. The number of piperidine rings is 1. The number of carbonyl (C=O) groups is 1.